The van der Waals surface area contributed by atoms with Crippen molar-refractivity contribution in [2.45, 2.75) is 19.9 Å². The quantitative estimate of drug-likeness (QED) is 0.848. The summed E-state index contributed by atoms with van der Waals surface area (Å²) >= 11 is 0. The van der Waals surface area contributed by atoms with Crippen LogP contribution in [0.1, 0.15) is 12.5 Å². The van der Waals surface area contributed by atoms with Crippen LogP contribution >= 0.6 is 0 Å². The third kappa shape index (κ3) is 1.99. The van der Waals surface area contributed by atoms with Crippen LogP contribution in [0.4, 0.5) is 0 Å². The molecule has 2 rings (SSSR count). The molecule has 0 aliphatic carbocycles. The Morgan fingerprint density at radius 3 is 2.88 bits per heavy atom. The first kappa shape index (κ1) is 10.9. The monoisotopic (exact) mass is 215 g/mol. The Bertz CT molecular complexity index is 460. The number of nitrogens with zero attached hydrogens (tertiary/aromatic N) is 2. The van der Waals surface area contributed by atoms with Crippen LogP contribution in [-0.4, -0.2) is 16.1 Å². The van der Waals surface area contributed by atoms with Gasteiger partial charge in [-0.1, -0.05) is 24.3 Å². The van der Waals surface area contributed by atoms with Gasteiger partial charge in [0.05, 0.1) is 18.2 Å². The topological polar surface area (TPSA) is 43.8 Å². The molecule has 0 aliphatic heterocycles. The molecule has 0 fully saturated rings. The van der Waals surface area contributed by atoms with Gasteiger partial charge in [-0.3, -0.25) is 0 Å². The highest BCUT2D eigenvalue weighted by molar-refractivity contribution is 5.63. The largest absolute Gasteiger partial charge is 0.331 e. The minimum atomic E-state index is 0.678. The summed E-state index contributed by atoms with van der Waals surface area (Å²) in [6.45, 7) is 3.74. The van der Waals surface area contributed by atoms with Crippen LogP contribution in [0.15, 0.2) is 36.8 Å². The molecule has 0 atom stereocenters. The van der Waals surface area contributed by atoms with Gasteiger partial charge in [0, 0.05) is 12.1 Å². The lowest BCUT2D eigenvalue weighted by molar-refractivity contribution is 0.767. The Morgan fingerprint density at radius 1 is 1.31 bits per heavy atom. The van der Waals surface area contributed by atoms with Gasteiger partial charge in [-0.2, -0.15) is 0 Å². The van der Waals surface area contributed by atoms with Crippen molar-refractivity contribution in [3.05, 3.63) is 42.4 Å². The minimum Gasteiger partial charge on any atom is -0.331 e. The summed E-state index contributed by atoms with van der Waals surface area (Å²) < 4.78 is 2.15. The zero-order chi connectivity index (χ0) is 11.4. The van der Waals surface area contributed by atoms with Crippen molar-refractivity contribution in [2.24, 2.45) is 5.73 Å². The molecule has 0 radical (unpaired) electrons. The number of imidazole rings is 1. The fourth-order valence-corrected chi connectivity index (χ4v) is 1.94. The van der Waals surface area contributed by atoms with Gasteiger partial charge >= 0.3 is 0 Å². The zero-order valence-corrected chi connectivity index (χ0v) is 9.56. The summed E-state index contributed by atoms with van der Waals surface area (Å²) in [5.74, 6) is 0. The Balaban J connectivity index is 2.46. The SMILES string of the molecule is CCn1cncc1-c1ccccc1CCN. The molecule has 2 N–H and O–H groups in total. The van der Waals surface area contributed by atoms with E-state index < -0.39 is 0 Å². The second kappa shape index (κ2) is 4.94. The van der Waals surface area contributed by atoms with Gasteiger partial charge in [-0.25, -0.2) is 4.98 Å². The van der Waals surface area contributed by atoms with Crippen molar-refractivity contribution in [2.75, 3.05) is 6.54 Å². The molecule has 0 bridgehead atoms. The lowest BCUT2D eigenvalue weighted by Crippen LogP contribution is -2.05. The maximum absolute atomic E-state index is 5.63. The minimum absolute atomic E-state index is 0.678. The van der Waals surface area contributed by atoms with Crippen molar-refractivity contribution in [1.29, 1.82) is 0 Å². The molecular formula is C13H17N3. The summed E-state index contributed by atoms with van der Waals surface area (Å²) in [7, 11) is 0. The number of hydrogen-bond acceptors (Lipinski definition) is 2. The van der Waals surface area contributed by atoms with E-state index in [4.69, 9.17) is 5.73 Å². The average Bonchev–Trinajstić information content (AvgIpc) is 2.78. The van der Waals surface area contributed by atoms with Crippen molar-refractivity contribution in [1.82, 2.24) is 9.55 Å². The molecule has 1 heterocycles. The van der Waals surface area contributed by atoms with Crippen LogP contribution in [0.3, 0.4) is 0 Å². The average molecular weight is 215 g/mol. The lowest BCUT2D eigenvalue weighted by atomic mass is 10.0. The number of hydrogen-bond donors (Lipinski definition) is 1. The number of aromatic nitrogens is 2. The van der Waals surface area contributed by atoms with E-state index in [0.29, 0.717) is 6.54 Å². The van der Waals surface area contributed by atoms with E-state index in [9.17, 15) is 0 Å². The summed E-state index contributed by atoms with van der Waals surface area (Å²) in [4.78, 5) is 4.20. The van der Waals surface area contributed by atoms with Crippen molar-refractivity contribution in [3.63, 3.8) is 0 Å². The van der Waals surface area contributed by atoms with Crippen LogP contribution in [0.2, 0.25) is 0 Å². The molecule has 0 amide bonds. The smallest absolute Gasteiger partial charge is 0.0950 e. The van der Waals surface area contributed by atoms with Crippen LogP contribution in [0.5, 0.6) is 0 Å². The number of rotatable bonds is 4. The number of aryl methyl sites for hydroxylation is 1. The van der Waals surface area contributed by atoms with Gasteiger partial charge in [0.1, 0.15) is 0 Å². The maximum Gasteiger partial charge on any atom is 0.0950 e. The lowest BCUT2D eigenvalue weighted by Gasteiger charge is -2.10. The summed E-state index contributed by atoms with van der Waals surface area (Å²) in [6.07, 6.45) is 4.69. The van der Waals surface area contributed by atoms with Crippen LogP contribution in [0.25, 0.3) is 11.3 Å². The van der Waals surface area contributed by atoms with E-state index >= 15 is 0 Å². The Kier molecular flexibility index (Phi) is 3.37. The third-order valence-electron chi connectivity index (χ3n) is 2.76. The second-order valence-corrected chi connectivity index (χ2v) is 3.76. The molecule has 2 aromatic rings. The Hall–Kier alpha value is -1.61. The summed E-state index contributed by atoms with van der Waals surface area (Å²) in [6, 6.07) is 8.38. The highest BCUT2D eigenvalue weighted by Gasteiger charge is 2.07. The van der Waals surface area contributed by atoms with Gasteiger partial charge in [-0.15, -0.1) is 0 Å². The molecule has 3 heteroatoms. The summed E-state index contributed by atoms with van der Waals surface area (Å²) in [5, 5.41) is 0. The molecular weight excluding hydrogens is 198 g/mol. The summed E-state index contributed by atoms with van der Waals surface area (Å²) in [5.41, 5.74) is 9.34. The second-order valence-electron chi connectivity index (χ2n) is 3.76. The van der Waals surface area contributed by atoms with E-state index in [0.717, 1.165) is 13.0 Å². The highest BCUT2D eigenvalue weighted by Crippen LogP contribution is 2.23. The van der Waals surface area contributed by atoms with Crippen molar-refractivity contribution < 1.29 is 0 Å². The molecule has 0 saturated carbocycles. The van der Waals surface area contributed by atoms with Gasteiger partial charge in [0.15, 0.2) is 0 Å². The molecule has 1 aromatic heterocycles. The van der Waals surface area contributed by atoms with E-state index in [2.05, 4.69) is 40.7 Å². The normalized spacial score (nSPS) is 10.6. The Labute approximate surface area is 95.9 Å². The molecule has 0 unspecified atom stereocenters. The molecule has 84 valence electrons. The molecule has 0 spiro atoms. The van der Waals surface area contributed by atoms with Crippen LogP contribution < -0.4 is 5.73 Å². The molecule has 1 aromatic carbocycles. The third-order valence-corrected chi connectivity index (χ3v) is 2.76. The van der Waals surface area contributed by atoms with E-state index in [1.807, 2.05) is 12.5 Å². The predicted molar refractivity (Wildman–Crippen MR) is 66.1 cm³/mol. The van der Waals surface area contributed by atoms with Gasteiger partial charge in [0.25, 0.3) is 0 Å². The fraction of sp³-hybridized carbons (Fsp3) is 0.308. The molecule has 3 nitrogen and oxygen atoms in total. The molecule has 0 aliphatic rings. The first-order valence-corrected chi connectivity index (χ1v) is 5.65. The van der Waals surface area contributed by atoms with Crippen molar-refractivity contribution in [3.8, 4) is 11.3 Å². The molecule has 0 saturated heterocycles. The van der Waals surface area contributed by atoms with Gasteiger partial charge in [-0.05, 0) is 25.5 Å². The van der Waals surface area contributed by atoms with Crippen molar-refractivity contribution >= 4 is 0 Å². The maximum atomic E-state index is 5.63. The zero-order valence-electron chi connectivity index (χ0n) is 9.56. The number of nitrogens with two attached hydrogens (primary N) is 1. The predicted octanol–water partition coefficient (Wildman–Crippen LogP) is 2.07. The van der Waals surface area contributed by atoms with Gasteiger partial charge in [0.2, 0.25) is 0 Å². The first-order chi connectivity index (χ1) is 7.86. The fourth-order valence-electron chi connectivity index (χ4n) is 1.94. The van der Waals surface area contributed by atoms with E-state index in [-0.39, 0.29) is 0 Å². The highest BCUT2D eigenvalue weighted by atomic mass is 15.0. The Morgan fingerprint density at radius 2 is 2.12 bits per heavy atom. The molecule has 16 heavy (non-hydrogen) atoms. The van der Waals surface area contributed by atoms with Crippen LogP contribution in [0, 0.1) is 0 Å². The standard InChI is InChI=1S/C13H17N3/c1-2-16-10-15-9-13(16)12-6-4-3-5-11(12)7-8-14/h3-6,9-10H,2,7-8,14H2,1H3. The van der Waals surface area contributed by atoms with E-state index in [1.54, 1.807) is 0 Å². The van der Waals surface area contributed by atoms with Gasteiger partial charge < -0.3 is 10.3 Å². The first-order valence-electron chi connectivity index (χ1n) is 5.65. The number of benzene rings is 1. The van der Waals surface area contributed by atoms with E-state index in [1.165, 1.54) is 16.8 Å². The van der Waals surface area contributed by atoms with Crippen LogP contribution in [-0.2, 0) is 13.0 Å².